The molecule has 2 unspecified atom stereocenters. The van der Waals surface area contributed by atoms with E-state index < -0.39 is 18.0 Å². The second kappa shape index (κ2) is 7.71. The van der Waals surface area contributed by atoms with Gasteiger partial charge in [0, 0.05) is 26.2 Å². The third-order valence-corrected chi connectivity index (χ3v) is 2.82. The molecule has 1 aliphatic rings. The van der Waals surface area contributed by atoms with Crippen LogP contribution in [-0.2, 0) is 9.53 Å². The molecule has 3 N–H and O–H groups in total. The van der Waals surface area contributed by atoms with Crippen molar-refractivity contribution in [3.8, 4) is 0 Å². The van der Waals surface area contributed by atoms with E-state index in [-0.39, 0.29) is 12.5 Å². The molecule has 0 spiro atoms. The number of aliphatic carboxylic acids is 1. The average molecular weight is 256 g/mol. The predicted molar refractivity (Wildman–Crippen MR) is 66.4 cm³/mol. The number of methoxy groups -OCH3 is 1. The van der Waals surface area contributed by atoms with Gasteiger partial charge in [-0.3, -0.25) is 0 Å². The lowest BCUT2D eigenvalue weighted by Crippen LogP contribution is -2.49. The Bertz CT molecular complexity index is 317. The first-order chi connectivity index (χ1) is 8.63. The van der Waals surface area contributed by atoms with Crippen molar-refractivity contribution in [2.75, 3.05) is 13.7 Å². The van der Waals surface area contributed by atoms with Gasteiger partial charge in [0.15, 0.2) is 0 Å². The van der Waals surface area contributed by atoms with Crippen LogP contribution in [0.4, 0.5) is 4.79 Å². The van der Waals surface area contributed by atoms with Crippen molar-refractivity contribution in [2.45, 2.75) is 37.8 Å². The Morgan fingerprint density at radius 3 is 2.83 bits per heavy atom. The zero-order valence-corrected chi connectivity index (χ0v) is 10.5. The molecule has 1 rings (SSSR count). The SMILES string of the molecule is COCCC(NC(=O)NC1CC=CCC1)C(=O)O. The van der Waals surface area contributed by atoms with Gasteiger partial charge in [0.25, 0.3) is 0 Å². The first kappa shape index (κ1) is 14.5. The molecule has 6 heteroatoms. The smallest absolute Gasteiger partial charge is 0.326 e. The average Bonchev–Trinajstić information content (AvgIpc) is 2.35. The van der Waals surface area contributed by atoms with Gasteiger partial charge in [-0.05, 0) is 19.3 Å². The van der Waals surface area contributed by atoms with Gasteiger partial charge in [0.05, 0.1) is 0 Å². The molecule has 0 aliphatic heterocycles. The van der Waals surface area contributed by atoms with Gasteiger partial charge >= 0.3 is 12.0 Å². The molecule has 6 nitrogen and oxygen atoms in total. The Hall–Kier alpha value is -1.56. The molecule has 0 saturated heterocycles. The monoisotopic (exact) mass is 256 g/mol. The first-order valence-electron chi connectivity index (χ1n) is 6.07. The molecule has 2 atom stereocenters. The van der Waals surface area contributed by atoms with E-state index in [4.69, 9.17) is 9.84 Å². The summed E-state index contributed by atoms with van der Waals surface area (Å²) in [6, 6.07) is -1.25. The number of carboxylic acids is 1. The minimum absolute atomic E-state index is 0.0897. The fraction of sp³-hybridized carbons (Fsp3) is 0.667. The summed E-state index contributed by atoms with van der Waals surface area (Å²) >= 11 is 0. The summed E-state index contributed by atoms with van der Waals surface area (Å²) in [5.41, 5.74) is 0. The second-order valence-corrected chi connectivity index (χ2v) is 4.27. The maximum atomic E-state index is 11.6. The molecule has 0 aromatic heterocycles. The Labute approximate surface area is 106 Å². The maximum Gasteiger partial charge on any atom is 0.326 e. The summed E-state index contributed by atoms with van der Waals surface area (Å²) in [4.78, 5) is 22.6. The van der Waals surface area contributed by atoms with Gasteiger partial charge in [-0.15, -0.1) is 0 Å². The number of allylic oxidation sites excluding steroid dienone is 1. The molecular formula is C12H20N2O4. The van der Waals surface area contributed by atoms with Crippen molar-refractivity contribution in [2.24, 2.45) is 0 Å². The highest BCUT2D eigenvalue weighted by Gasteiger charge is 2.21. The molecule has 0 aromatic carbocycles. The molecule has 0 aromatic rings. The number of rotatable bonds is 6. The summed E-state index contributed by atoms with van der Waals surface area (Å²) in [5, 5.41) is 14.2. The standard InChI is InChI=1S/C12H20N2O4/c1-18-8-7-10(11(15)16)14-12(17)13-9-5-3-2-4-6-9/h2-3,9-10H,4-8H2,1H3,(H,15,16)(H2,13,14,17). The summed E-state index contributed by atoms with van der Waals surface area (Å²) in [7, 11) is 1.49. The van der Waals surface area contributed by atoms with Crippen molar-refractivity contribution >= 4 is 12.0 Å². The van der Waals surface area contributed by atoms with Gasteiger partial charge in [-0.2, -0.15) is 0 Å². The van der Waals surface area contributed by atoms with E-state index in [1.54, 1.807) is 0 Å². The number of urea groups is 1. The zero-order valence-electron chi connectivity index (χ0n) is 10.5. The van der Waals surface area contributed by atoms with Crippen LogP contribution in [0.2, 0.25) is 0 Å². The van der Waals surface area contributed by atoms with E-state index in [2.05, 4.69) is 16.7 Å². The van der Waals surface area contributed by atoms with Gasteiger partial charge < -0.3 is 20.5 Å². The number of carboxylic acid groups (broad SMARTS) is 1. The molecular weight excluding hydrogens is 236 g/mol. The number of amides is 2. The van der Waals surface area contributed by atoms with Crippen LogP contribution in [0, 0.1) is 0 Å². The lowest BCUT2D eigenvalue weighted by molar-refractivity contribution is -0.139. The summed E-state index contributed by atoms with van der Waals surface area (Å²) in [6.45, 7) is 0.295. The van der Waals surface area contributed by atoms with Gasteiger partial charge in [-0.25, -0.2) is 9.59 Å². The molecule has 0 fully saturated rings. The normalized spacial score (nSPS) is 20.2. The summed E-state index contributed by atoms with van der Waals surface area (Å²) < 4.78 is 4.81. The zero-order chi connectivity index (χ0) is 13.4. The van der Waals surface area contributed by atoms with Gasteiger partial charge in [0.2, 0.25) is 0 Å². The van der Waals surface area contributed by atoms with E-state index >= 15 is 0 Å². The van der Waals surface area contributed by atoms with Crippen LogP contribution in [0.5, 0.6) is 0 Å². The Kier molecular flexibility index (Phi) is 6.21. The topological polar surface area (TPSA) is 87.7 Å². The van der Waals surface area contributed by atoms with E-state index in [1.165, 1.54) is 7.11 Å². The number of carbonyl (C=O) groups excluding carboxylic acids is 1. The Morgan fingerprint density at radius 1 is 1.50 bits per heavy atom. The third kappa shape index (κ3) is 5.18. The number of carbonyl (C=O) groups is 2. The highest BCUT2D eigenvalue weighted by molar-refractivity contribution is 5.82. The van der Waals surface area contributed by atoms with Gasteiger partial charge in [-0.1, -0.05) is 12.2 Å². The molecule has 102 valence electrons. The molecule has 0 heterocycles. The highest BCUT2D eigenvalue weighted by atomic mass is 16.5. The van der Waals surface area contributed by atoms with Crippen LogP contribution >= 0.6 is 0 Å². The largest absolute Gasteiger partial charge is 0.480 e. The second-order valence-electron chi connectivity index (χ2n) is 4.27. The number of hydrogen-bond donors (Lipinski definition) is 3. The molecule has 18 heavy (non-hydrogen) atoms. The molecule has 0 saturated carbocycles. The predicted octanol–water partition coefficient (Wildman–Crippen LogP) is 0.884. The molecule has 0 bridgehead atoms. The van der Waals surface area contributed by atoms with E-state index in [1.807, 2.05) is 6.08 Å². The van der Waals surface area contributed by atoms with Crippen LogP contribution in [0.25, 0.3) is 0 Å². The third-order valence-electron chi connectivity index (χ3n) is 2.82. The number of ether oxygens (including phenoxy) is 1. The lowest BCUT2D eigenvalue weighted by atomic mass is 10.0. The lowest BCUT2D eigenvalue weighted by Gasteiger charge is -2.21. The van der Waals surface area contributed by atoms with Gasteiger partial charge in [0.1, 0.15) is 6.04 Å². The first-order valence-corrected chi connectivity index (χ1v) is 6.07. The summed E-state index contributed by atoms with van der Waals surface area (Å²) in [6.07, 6.45) is 6.98. The van der Waals surface area contributed by atoms with Crippen LogP contribution in [0.1, 0.15) is 25.7 Å². The minimum Gasteiger partial charge on any atom is -0.480 e. The minimum atomic E-state index is -1.05. The number of hydrogen-bond acceptors (Lipinski definition) is 3. The van der Waals surface area contributed by atoms with Crippen molar-refractivity contribution in [3.05, 3.63) is 12.2 Å². The Morgan fingerprint density at radius 2 is 2.28 bits per heavy atom. The van der Waals surface area contributed by atoms with E-state index in [0.717, 1.165) is 19.3 Å². The fourth-order valence-corrected chi connectivity index (χ4v) is 1.80. The maximum absolute atomic E-state index is 11.6. The van der Waals surface area contributed by atoms with E-state index in [9.17, 15) is 9.59 Å². The fourth-order valence-electron chi connectivity index (χ4n) is 1.80. The van der Waals surface area contributed by atoms with Crippen molar-refractivity contribution < 1.29 is 19.4 Å². The van der Waals surface area contributed by atoms with Crippen LogP contribution < -0.4 is 10.6 Å². The molecule has 1 aliphatic carbocycles. The van der Waals surface area contributed by atoms with Crippen molar-refractivity contribution in [3.63, 3.8) is 0 Å². The van der Waals surface area contributed by atoms with Crippen molar-refractivity contribution in [1.82, 2.24) is 10.6 Å². The number of nitrogens with one attached hydrogen (secondary N) is 2. The molecule has 0 radical (unpaired) electrons. The molecule has 2 amide bonds. The van der Waals surface area contributed by atoms with Crippen molar-refractivity contribution in [1.29, 1.82) is 0 Å². The highest BCUT2D eigenvalue weighted by Crippen LogP contribution is 2.10. The van der Waals surface area contributed by atoms with Crippen LogP contribution in [0.3, 0.4) is 0 Å². The summed E-state index contributed by atoms with van der Waals surface area (Å²) in [5.74, 6) is -1.05. The van der Waals surface area contributed by atoms with E-state index in [0.29, 0.717) is 6.61 Å². The van der Waals surface area contributed by atoms with Crippen LogP contribution in [0.15, 0.2) is 12.2 Å². The Balaban J connectivity index is 2.35. The van der Waals surface area contributed by atoms with Crippen LogP contribution in [-0.4, -0.2) is 42.9 Å². The quantitative estimate of drug-likeness (QED) is 0.616.